The molecule has 1 aromatic rings. The van der Waals surface area contributed by atoms with E-state index in [-0.39, 0.29) is 11.8 Å². The van der Waals surface area contributed by atoms with Crippen LogP contribution in [0.25, 0.3) is 0 Å². The Hall–Kier alpha value is -1.36. The van der Waals surface area contributed by atoms with Gasteiger partial charge in [-0.15, -0.1) is 0 Å². The standard InChI is InChI=1S/C16H21BrN2O2/c1-4-16(5-2)15(21)19(10-9-14(20)18-16)13-8-6-7-12(17)11(13)3/h6-8H,4-5,9-10H2,1-3H3,(H,18,20). The van der Waals surface area contributed by atoms with Gasteiger partial charge in [-0.25, -0.2) is 0 Å². The minimum absolute atomic E-state index is 0.0143. The topological polar surface area (TPSA) is 49.4 Å². The average Bonchev–Trinajstić information content (AvgIpc) is 2.60. The molecule has 0 atom stereocenters. The fraction of sp³-hybridized carbons (Fsp3) is 0.500. The number of benzene rings is 1. The third-order valence-corrected chi connectivity index (χ3v) is 5.19. The number of carbonyl (C=O) groups is 2. The number of anilines is 1. The van der Waals surface area contributed by atoms with Gasteiger partial charge in [0.05, 0.1) is 0 Å². The van der Waals surface area contributed by atoms with E-state index in [1.165, 1.54) is 0 Å². The minimum Gasteiger partial charge on any atom is -0.342 e. The molecule has 2 rings (SSSR count). The van der Waals surface area contributed by atoms with E-state index in [9.17, 15) is 9.59 Å². The van der Waals surface area contributed by atoms with E-state index in [2.05, 4.69) is 21.2 Å². The lowest BCUT2D eigenvalue weighted by molar-refractivity contribution is -0.130. The largest absolute Gasteiger partial charge is 0.342 e. The van der Waals surface area contributed by atoms with Gasteiger partial charge in [0.2, 0.25) is 5.91 Å². The van der Waals surface area contributed by atoms with Crippen LogP contribution in [0.3, 0.4) is 0 Å². The van der Waals surface area contributed by atoms with Crippen LogP contribution >= 0.6 is 15.9 Å². The Bertz CT molecular complexity index is 567. The third-order valence-electron chi connectivity index (χ3n) is 4.33. The summed E-state index contributed by atoms with van der Waals surface area (Å²) in [5.41, 5.74) is 1.10. The van der Waals surface area contributed by atoms with Crippen LogP contribution in [0, 0.1) is 6.92 Å². The van der Waals surface area contributed by atoms with Gasteiger partial charge in [-0.2, -0.15) is 0 Å². The number of nitrogens with zero attached hydrogens (tertiary/aromatic N) is 1. The fourth-order valence-electron chi connectivity index (χ4n) is 2.80. The Morgan fingerprint density at radius 3 is 2.57 bits per heavy atom. The Kier molecular flexibility index (Phi) is 4.71. The average molecular weight is 353 g/mol. The zero-order chi connectivity index (χ0) is 15.6. The smallest absolute Gasteiger partial charge is 0.252 e. The Labute approximate surface area is 134 Å². The van der Waals surface area contributed by atoms with Crippen molar-refractivity contribution >= 4 is 33.4 Å². The molecule has 0 radical (unpaired) electrons. The SMILES string of the molecule is CCC1(CC)NC(=O)CCN(c2cccc(Br)c2C)C1=O. The van der Waals surface area contributed by atoms with E-state index in [4.69, 9.17) is 0 Å². The molecule has 0 saturated carbocycles. The predicted molar refractivity (Wildman–Crippen MR) is 87.3 cm³/mol. The summed E-state index contributed by atoms with van der Waals surface area (Å²) >= 11 is 3.51. The van der Waals surface area contributed by atoms with E-state index in [0.29, 0.717) is 25.8 Å². The summed E-state index contributed by atoms with van der Waals surface area (Å²) in [6.45, 7) is 6.29. The molecule has 0 unspecified atom stereocenters. The molecule has 1 aliphatic heterocycles. The van der Waals surface area contributed by atoms with Crippen LogP contribution in [0.15, 0.2) is 22.7 Å². The number of hydrogen-bond acceptors (Lipinski definition) is 2. The van der Waals surface area contributed by atoms with Crippen molar-refractivity contribution in [3.05, 3.63) is 28.2 Å². The molecule has 4 nitrogen and oxygen atoms in total. The van der Waals surface area contributed by atoms with Crippen molar-refractivity contribution in [2.75, 3.05) is 11.4 Å². The molecular weight excluding hydrogens is 332 g/mol. The monoisotopic (exact) mass is 352 g/mol. The molecule has 1 saturated heterocycles. The van der Waals surface area contributed by atoms with Gasteiger partial charge in [-0.3, -0.25) is 9.59 Å². The lowest BCUT2D eigenvalue weighted by Gasteiger charge is -2.34. The number of nitrogens with one attached hydrogen (secondary N) is 1. The number of rotatable bonds is 3. The van der Waals surface area contributed by atoms with Crippen LogP contribution in [-0.4, -0.2) is 23.9 Å². The fourth-order valence-corrected chi connectivity index (χ4v) is 3.16. The highest BCUT2D eigenvalue weighted by Gasteiger charge is 2.42. The van der Waals surface area contributed by atoms with Gasteiger partial charge in [-0.05, 0) is 37.5 Å². The number of halogens is 1. The molecule has 0 aromatic heterocycles. The van der Waals surface area contributed by atoms with Gasteiger partial charge in [0.25, 0.3) is 5.91 Å². The molecule has 114 valence electrons. The third kappa shape index (κ3) is 2.84. The number of amides is 2. The van der Waals surface area contributed by atoms with Gasteiger partial charge in [0, 0.05) is 23.1 Å². The van der Waals surface area contributed by atoms with Gasteiger partial charge in [0.1, 0.15) is 5.54 Å². The van der Waals surface area contributed by atoms with E-state index in [1.807, 2.05) is 39.0 Å². The first kappa shape index (κ1) is 16.0. The highest BCUT2D eigenvalue weighted by molar-refractivity contribution is 9.10. The lowest BCUT2D eigenvalue weighted by Crippen LogP contribution is -2.56. The van der Waals surface area contributed by atoms with Crippen molar-refractivity contribution in [2.45, 2.75) is 45.6 Å². The molecule has 1 fully saturated rings. The molecule has 2 amide bonds. The number of carbonyl (C=O) groups excluding carboxylic acids is 2. The number of hydrogen-bond donors (Lipinski definition) is 1. The summed E-state index contributed by atoms with van der Waals surface area (Å²) in [5.74, 6) is -0.0678. The Balaban J connectivity index is 2.50. The van der Waals surface area contributed by atoms with Crippen molar-refractivity contribution in [2.24, 2.45) is 0 Å². The van der Waals surface area contributed by atoms with Crippen molar-refractivity contribution in [3.63, 3.8) is 0 Å². The summed E-state index contributed by atoms with van der Waals surface area (Å²) in [7, 11) is 0. The van der Waals surface area contributed by atoms with Crippen LogP contribution in [0.4, 0.5) is 5.69 Å². The molecule has 0 aliphatic carbocycles. The Morgan fingerprint density at radius 1 is 1.29 bits per heavy atom. The quantitative estimate of drug-likeness (QED) is 0.908. The molecule has 1 N–H and O–H groups in total. The summed E-state index contributed by atoms with van der Waals surface area (Å²) in [5, 5.41) is 2.93. The zero-order valence-electron chi connectivity index (χ0n) is 12.7. The van der Waals surface area contributed by atoms with Crippen LogP contribution in [-0.2, 0) is 9.59 Å². The summed E-state index contributed by atoms with van der Waals surface area (Å²) < 4.78 is 0.968. The summed E-state index contributed by atoms with van der Waals surface area (Å²) in [6.07, 6.45) is 1.52. The van der Waals surface area contributed by atoms with Crippen molar-refractivity contribution in [3.8, 4) is 0 Å². The second-order valence-electron chi connectivity index (χ2n) is 5.43. The summed E-state index contributed by atoms with van der Waals surface area (Å²) in [4.78, 5) is 26.8. The molecular formula is C16H21BrN2O2. The lowest BCUT2D eigenvalue weighted by atomic mass is 9.91. The maximum absolute atomic E-state index is 13.0. The normalized spacial score (nSPS) is 18.4. The molecule has 1 aliphatic rings. The molecule has 0 spiro atoms. The first-order valence-electron chi connectivity index (χ1n) is 7.33. The first-order valence-corrected chi connectivity index (χ1v) is 8.12. The zero-order valence-corrected chi connectivity index (χ0v) is 14.3. The van der Waals surface area contributed by atoms with Crippen molar-refractivity contribution in [1.82, 2.24) is 5.32 Å². The second kappa shape index (κ2) is 6.18. The van der Waals surface area contributed by atoms with Crippen LogP contribution in [0.5, 0.6) is 0 Å². The van der Waals surface area contributed by atoms with Crippen LogP contribution < -0.4 is 10.2 Å². The maximum atomic E-state index is 13.0. The maximum Gasteiger partial charge on any atom is 0.252 e. The van der Waals surface area contributed by atoms with Gasteiger partial charge < -0.3 is 10.2 Å². The first-order chi connectivity index (χ1) is 9.95. The van der Waals surface area contributed by atoms with Crippen LogP contribution in [0.1, 0.15) is 38.7 Å². The molecule has 1 heterocycles. The predicted octanol–water partition coefficient (Wildman–Crippen LogP) is 3.17. The van der Waals surface area contributed by atoms with E-state index >= 15 is 0 Å². The molecule has 1 aromatic carbocycles. The van der Waals surface area contributed by atoms with Gasteiger partial charge in [0.15, 0.2) is 0 Å². The van der Waals surface area contributed by atoms with Gasteiger partial charge in [-0.1, -0.05) is 35.8 Å². The Morgan fingerprint density at radius 2 is 1.95 bits per heavy atom. The highest BCUT2D eigenvalue weighted by Crippen LogP contribution is 2.31. The van der Waals surface area contributed by atoms with Crippen molar-refractivity contribution < 1.29 is 9.59 Å². The van der Waals surface area contributed by atoms with Crippen LogP contribution in [0.2, 0.25) is 0 Å². The minimum atomic E-state index is -0.789. The second-order valence-corrected chi connectivity index (χ2v) is 6.28. The molecule has 21 heavy (non-hydrogen) atoms. The molecule has 5 heteroatoms. The van der Waals surface area contributed by atoms with E-state index < -0.39 is 5.54 Å². The van der Waals surface area contributed by atoms with Crippen molar-refractivity contribution in [1.29, 1.82) is 0 Å². The van der Waals surface area contributed by atoms with E-state index in [1.54, 1.807) is 4.90 Å². The summed E-state index contributed by atoms with van der Waals surface area (Å²) in [6, 6.07) is 5.81. The highest BCUT2D eigenvalue weighted by atomic mass is 79.9. The molecule has 0 bridgehead atoms. The van der Waals surface area contributed by atoms with Gasteiger partial charge >= 0.3 is 0 Å². The van der Waals surface area contributed by atoms with E-state index in [0.717, 1.165) is 15.7 Å².